The van der Waals surface area contributed by atoms with Crippen LogP contribution in [0, 0.1) is 0 Å². The molecule has 0 fully saturated rings. The van der Waals surface area contributed by atoms with E-state index < -0.39 is 4.75 Å². The van der Waals surface area contributed by atoms with Crippen molar-refractivity contribution in [2.45, 2.75) is 16.6 Å². The fourth-order valence-electron chi connectivity index (χ4n) is 1.69. The van der Waals surface area contributed by atoms with Crippen LogP contribution in [-0.2, 0) is 9.54 Å². The number of rotatable bonds is 4. The predicted molar refractivity (Wildman–Crippen MR) is 77.0 cm³/mol. The van der Waals surface area contributed by atoms with E-state index in [1.54, 1.807) is 0 Å². The number of carbonyl (C=O) groups is 1. The third-order valence-electron chi connectivity index (χ3n) is 2.76. The van der Waals surface area contributed by atoms with Crippen LogP contribution < -0.4 is 0 Å². The fourth-order valence-corrected chi connectivity index (χ4v) is 3.02. The molecule has 2 rings (SSSR count). The summed E-state index contributed by atoms with van der Waals surface area (Å²) < 4.78 is -0.760. The number of hydrogen-bond donors (Lipinski definition) is 0. The molecule has 0 aliphatic carbocycles. The molecule has 0 spiro atoms. The smallest absolute Gasteiger partial charge is 0.242 e. The van der Waals surface area contributed by atoms with Gasteiger partial charge in [-0.2, -0.15) is 0 Å². The van der Waals surface area contributed by atoms with Gasteiger partial charge >= 0.3 is 0 Å². The van der Waals surface area contributed by atoms with Gasteiger partial charge in [-0.05, 0) is 36.2 Å². The second-order valence-electron chi connectivity index (χ2n) is 4.09. The highest BCUT2D eigenvalue weighted by molar-refractivity contribution is 8.01. The minimum atomic E-state index is -0.760. The molecule has 0 aliphatic rings. The van der Waals surface area contributed by atoms with E-state index in [9.17, 15) is 4.79 Å². The molecule has 0 unspecified atom stereocenters. The summed E-state index contributed by atoms with van der Waals surface area (Å²) in [5, 5.41) is -0.359. The van der Waals surface area contributed by atoms with Crippen molar-refractivity contribution in [2.75, 3.05) is 0 Å². The van der Waals surface area contributed by atoms with Crippen molar-refractivity contribution in [3.63, 3.8) is 0 Å². The lowest BCUT2D eigenvalue weighted by atomic mass is 10.0. The molecule has 3 heteroatoms. The van der Waals surface area contributed by atoms with Gasteiger partial charge in [-0.1, -0.05) is 48.5 Å². The molecule has 18 heavy (non-hydrogen) atoms. The zero-order chi connectivity index (χ0) is 13.0. The van der Waals surface area contributed by atoms with Crippen molar-refractivity contribution in [3.8, 4) is 0 Å². The topological polar surface area (TPSA) is 17.1 Å². The maximum absolute atomic E-state index is 11.8. The molecule has 0 saturated heterocycles. The first-order chi connectivity index (χ1) is 8.63. The Labute approximate surface area is 116 Å². The molecule has 0 N–H and O–H groups in total. The molecule has 0 aromatic heterocycles. The Morgan fingerprint density at radius 3 is 2.00 bits per heavy atom. The maximum atomic E-state index is 11.8. The molecule has 2 aromatic carbocycles. The third kappa shape index (κ3) is 2.77. The van der Waals surface area contributed by atoms with Crippen molar-refractivity contribution < 1.29 is 4.79 Å². The van der Waals surface area contributed by atoms with Crippen LogP contribution in [0.1, 0.15) is 12.5 Å². The first-order valence-corrected chi connectivity index (χ1v) is 6.82. The maximum Gasteiger partial charge on any atom is 0.242 e. The molecule has 1 nitrogen and oxygen atoms in total. The number of carbonyl (C=O) groups excluding carboxylic acids is 1. The number of halogens is 1. The van der Waals surface area contributed by atoms with Crippen LogP contribution in [0.15, 0.2) is 65.6 Å². The normalized spacial score (nSPS) is 13.9. The molecule has 0 heterocycles. The van der Waals surface area contributed by atoms with Crippen LogP contribution in [0.3, 0.4) is 0 Å². The summed E-state index contributed by atoms with van der Waals surface area (Å²) in [5.41, 5.74) is 0.916. The number of benzene rings is 2. The highest BCUT2D eigenvalue weighted by Crippen LogP contribution is 2.42. The van der Waals surface area contributed by atoms with Gasteiger partial charge < -0.3 is 0 Å². The molecular formula is C15H13ClOS. The van der Waals surface area contributed by atoms with E-state index in [0.717, 1.165) is 10.5 Å². The third-order valence-corrected chi connectivity index (χ3v) is 4.59. The summed E-state index contributed by atoms with van der Waals surface area (Å²) in [4.78, 5) is 12.8. The van der Waals surface area contributed by atoms with Gasteiger partial charge in [-0.25, -0.2) is 0 Å². The highest BCUT2D eigenvalue weighted by Gasteiger charge is 2.35. The quantitative estimate of drug-likeness (QED) is 0.606. The molecule has 0 amide bonds. The van der Waals surface area contributed by atoms with Crippen molar-refractivity contribution in [1.29, 1.82) is 0 Å². The molecule has 1 atom stereocenters. The van der Waals surface area contributed by atoms with Crippen LogP contribution >= 0.6 is 23.4 Å². The molecule has 0 aliphatic heterocycles. The van der Waals surface area contributed by atoms with Gasteiger partial charge in [-0.3, -0.25) is 4.79 Å². The average Bonchev–Trinajstić information content (AvgIpc) is 2.40. The Hall–Kier alpha value is -1.25. The van der Waals surface area contributed by atoms with Crippen LogP contribution in [0.2, 0.25) is 0 Å². The molecule has 0 bridgehead atoms. The van der Waals surface area contributed by atoms with Gasteiger partial charge in [0, 0.05) is 4.90 Å². The van der Waals surface area contributed by atoms with Crippen molar-refractivity contribution in [1.82, 2.24) is 0 Å². The van der Waals surface area contributed by atoms with Crippen molar-refractivity contribution in [2.24, 2.45) is 0 Å². The van der Waals surface area contributed by atoms with Crippen molar-refractivity contribution in [3.05, 3.63) is 66.2 Å². The standard InChI is InChI=1S/C15H13ClOS/c1-15(14(16)17,12-8-4-2-5-9-12)18-13-10-6-3-7-11-13/h2-11H,1H3/t15-/m0/s1. The molecule has 92 valence electrons. The summed E-state index contributed by atoms with van der Waals surface area (Å²) in [6.45, 7) is 1.86. The predicted octanol–water partition coefficient (Wildman–Crippen LogP) is 4.46. The van der Waals surface area contributed by atoms with Crippen LogP contribution in [0.4, 0.5) is 0 Å². The Balaban J connectivity index is 2.37. The molecule has 0 radical (unpaired) electrons. The Kier molecular flexibility index (Phi) is 4.10. The van der Waals surface area contributed by atoms with Crippen molar-refractivity contribution >= 4 is 28.6 Å². The van der Waals surface area contributed by atoms with E-state index in [0.29, 0.717) is 0 Å². The Morgan fingerprint density at radius 1 is 1.00 bits per heavy atom. The zero-order valence-electron chi connectivity index (χ0n) is 9.97. The van der Waals surface area contributed by atoms with E-state index >= 15 is 0 Å². The first kappa shape index (κ1) is 13.2. The van der Waals surface area contributed by atoms with Gasteiger partial charge in [0.25, 0.3) is 0 Å². The molecule has 2 aromatic rings. The lowest BCUT2D eigenvalue weighted by Crippen LogP contribution is -2.24. The fraction of sp³-hybridized carbons (Fsp3) is 0.133. The largest absolute Gasteiger partial charge is 0.279 e. The van der Waals surface area contributed by atoms with Gasteiger partial charge in [-0.15, -0.1) is 11.8 Å². The summed E-state index contributed by atoms with van der Waals surface area (Å²) in [6, 6.07) is 19.4. The summed E-state index contributed by atoms with van der Waals surface area (Å²) in [6.07, 6.45) is 0. The minimum absolute atomic E-state index is 0.359. The highest BCUT2D eigenvalue weighted by atomic mass is 35.5. The van der Waals surface area contributed by atoms with E-state index in [2.05, 4.69) is 0 Å². The van der Waals surface area contributed by atoms with Gasteiger partial charge in [0.05, 0.1) is 0 Å². The van der Waals surface area contributed by atoms with E-state index in [1.807, 2.05) is 67.6 Å². The van der Waals surface area contributed by atoms with Gasteiger partial charge in [0.1, 0.15) is 4.75 Å². The lowest BCUT2D eigenvalue weighted by molar-refractivity contribution is -0.113. The average molecular weight is 277 g/mol. The monoisotopic (exact) mass is 276 g/mol. The van der Waals surface area contributed by atoms with Crippen LogP contribution in [0.25, 0.3) is 0 Å². The van der Waals surface area contributed by atoms with E-state index in [1.165, 1.54) is 11.8 Å². The Bertz CT molecular complexity index is 527. The van der Waals surface area contributed by atoms with E-state index in [4.69, 9.17) is 11.6 Å². The summed E-state index contributed by atoms with van der Waals surface area (Å²) in [7, 11) is 0. The lowest BCUT2D eigenvalue weighted by Gasteiger charge is -2.25. The van der Waals surface area contributed by atoms with E-state index in [-0.39, 0.29) is 5.24 Å². The second kappa shape index (κ2) is 5.59. The minimum Gasteiger partial charge on any atom is -0.279 e. The molecular weight excluding hydrogens is 264 g/mol. The van der Waals surface area contributed by atoms with Crippen LogP contribution in [-0.4, -0.2) is 5.24 Å². The molecule has 0 saturated carbocycles. The van der Waals surface area contributed by atoms with Gasteiger partial charge in [0.2, 0.25) is 5.24 Å². The zero-order valence-corrected chi connectivity index (χ0v) is 11.5. The Morgan fingerprint density at radius 2 is 1.50 bits per heavy atom. The van der Waals surface area contributed by atoms with Crippen LogP contribution in [0.5, 0.6) is 0 Å². The number of thioether (sulfide) groups is 1. The SMILES string of the molecule is C[C@@](Sc1ccccc1)(C(=O)Cl)c1ccccc1. The van der Waals surface area contributed by atoms with Gasteiger partial charge in [0.15, 0.2) is 0 Å². The number of hydrogen-bond acceptors (Lipinski definition) is 2. The summed E-state index contributed by atoms with van der Waals surface area (Å²) >= 11 is 7.28. The summed E-state index contributed by atoms with van der Waals surface area (Å²) in [5.74, 6) is 0. The first-order valence-electron chi connectivity index (χ1n) is 5.62. The second-order valence-corrected chi connectivity index (χ2v) is 5.92.